The lowest BCUT2D eigenvalue weighted by Crippen LogP contribution is -1.97. The third kappa shape index (κ3) is 2.06. The first-order valence-electron chi connectivity index (χ1n) is 5.53. The van der Waals surface area contributed by atoms with Crippen LogP contribution in [-0.2, 0) is 6.42 Å². The van der Waals surface area contributed by atoms with Crippen LogP contribution in [-0.4, -0.2) is 4.98 Å². The van der Waals surface area contributed by atoms with Gasteiger partial charge in [0.05, 0.1) is 5.69 Å². The summed E-state index contributed by atoms with van der Waals surface area (Å²) in [6, 6.07) is 12.4. The van der Waals surface area contributed by atoms with Crippen molar-refractivity contribution in [2.75, 3.05) is 5.73 Å². The van der Waals surface area contributed by atoms with Crippen molar-refractivity contribution in [1.82, 2.24) is 4.98 Å². The van der Waals surface area contributed by atoms with Crippen LogP contribution in [0.25, 0.3) is 11.1 Å². The van der Waals surface area contributed by atoms with Gasteiger partial charge in [-0.15, -0.1) is 0 Å². The second-order valence-electron chi connectivity index (χ2n) is 3.95. The lowest BCUT2D eigenvalue weighted by atomic mass is 10.0. The zero-order chi connectivity index (χ0) is 11.5. The van der Waals surface area contributed by atoms with Gasteiger partial charge in [0.1, 0.15) is 5.82 Å². The number of rotatable bonds is 2. The molecule has 1 aromatic heterocycles. The average Bonchev–Trinajstić information content (AvgIpc) is 2.30. The van der Waals surface area contributed by atoms with Crippen LogP contribution < -0.4 is 5.73 Å². The van der Waals surface area contributed by atoms with Gasteiger partial charge < -0.3 is 5.73 Å². The fourth-order valence-corrected chi connectivity index (χ4v) is 1.78. The van der Waals surface area contributed by atoms with Crippen LogP contribution in [0.3, 0.4) is 0 Å². The third-order valence-electron chi connectivity index (χ3n) is 2.69. The fourth-order valence-electron chi connectivity index (χ4n) is 1.78. The largest absolute Gasteiger partial charge is 0.384 e. The molecular formula is C14H16N2. The first-order valence-corrected chi connectivity index (χ1v) is 5.53. The van der Waals surface area contributed by atoms with Gasteiger partial charge in [-0.05, 0) is 31.0 Å². The van der Waals surface area contributed by atoms with Gasteiger partial charge in [-0.1, -0.05) is 36.8 Å². The van der Waals surface area contributed by atoms with E-state index in [0.717, 1.165) is 12.1 Å². The Bertz CT molecular complexity index is 487. The summed E-state index contributed by atoms with van der Waals surface area (Å²) in [4.78, 5) is 4.37. The predicted octanol–water partition coefficient (Wildman–Crippen LogP) is 3.20. The molecular weight excluding hydrogens is 196 g/mol. The molecule has 2 N–H and O–H groups in total. The third-order valence-corrected chi connectivity index (χ3v) is 2.69. The van der Waals surface area contributed by atoms with E-state index in [-0.39, 0.29) is 0 Å². The second kappa shape index (κ2) is 4.35. The highest BCUT2D eigenvalue weighted by atomic mass is 14.8. The molecule has 0 radical (unpaired) electrons. The van der Waals surface area contributed by atoms with E-state index in [2.05, 4.69) is 43.1 Å². The van der Waals surface area contributed by atoms with Gasteiger partial charge in [0, 0.05) is 5.56 Å². The summed E-state index contributed by atoms with van der Waals surface area (Å²) < 4.78 is 0. The lowest BCUT2D eigenvalue weighted by Gasteiger charge is -2.08. The molecule has 1 aromatic carbocycles. The van der Waals surface area contributed by atoms with E-state index in [9.17, 15) is 0 Å². The number of anilines is 1. The molecule has 2 aromatic rings. The van der Waals surface area contributed by atoms with Gasteiger partial charge in [0.2, 0.25) is 0 Å². The van der Waals surface area contributed by atoms with Crippen molar-refractivity contribution in [3.8, 4) is 11.1 Å². The highest BCUT2D eigenvalue weighted by molar-refractivity contribution is 5.67. The van der Waals surface area contributed by atoms with Crippen LogP contribution in [0.4, 0.5) is 5.82 Å². The summed E-state index contributed by atoms with van der Waals surface area (Å²) in [7, 11) is 0. The van der Waals surface area contributed by atoms with Gasteiger partial charge in [-0.3, -0.25) is 0 Å². The Morgan fingerprint density at radius 3 is 2.38 bits per heavy atom. The average molecular weight is 212 g/mol. The number of pyridine rings is 1. The van der Waals surface area contributed by atoms with Crippen molar-refractivity contribution >= 4 is 5.82 Å². The molecule has 0 unspecified atom stereocenters. The highest BCUT2D eigenvalue weighted by Crippen LogP contribution is 2.24. The summed E-state index contributed by atoms with van der Waals surface area (Å²) in [6.07, 6.45) is 0.897. The summed E-state index contributed by atoms with van der Waals surface area (Å²) in [5.41, 5.74) is 10.4. The fraction of sp³-hybridized carbons (Fsp3) is 0.214. The zero-order valence-corrected chi connectivity index (χ0v) is 9.70. The highest BCUT2D eigenvalue weighted by Gasteiger charge is 2.05. The summed E-state index contributed by atoms with van der Waals surface area (Å²) >= 11 is 0. The molecule has 0 aliphatic carbocycles. The molecule has 0 amide bonds. The second-order valence-corrected chi connectivity index (χ2v) is 3.95. The number of nitrogen functional groups attached to an aromatic ring is 1. The zero-order valence-electron chi connectivity index (χ0n) is 9.70. The molecule has 2 heteroatoms. The molecule has 0 saturated heterocycles. The SMILES string of the molecule is CCc1nc(N)ccc1-c1ccc(C)cc1. The number of benzene rings is 1. The van der Waals surface area contributed by atoms with Crippen molar-refractivity contribution in [1.29, 1.82) is 0 Å². The monoisotopic (exact) mass is 212 g/mol. The Morgan fingerprint density at radius 2 is 1.75 bits per heavy atom. The number of nitrogens with zero attached hydrogens (tertiary/aromatic N) is 1. The number of nitrogens with two attached hydrogens (primary N) is 1. The molecule has 0 saturated carbocycles. The summed E-state index contributed by atoms with van der Waals surface area (Å²) in [5, 5.41) is 0. The lowest BCUT2D eigenvalue weighted by molar-refractivity contribution is 1.04. The van der Waals surface area contributed by atoms with Crippen LogP contribution in [0.15, 0.2) is 36.4 Å². The van der Waals surface area contributed by atoms with E-state index in [4.69, 9.17) is 5.73 Å². The smallest absolute Gasteiger partial charge is 0.123 e. The number of aromatic nitrogens is 1. The van der Waals surface area contributed by atoms with Gasteiger partial charge >= 0.3 is 0 Å². The van der Waals surface area contributed by atoms with E-state index in [1.165, 1.54) is 16.7 Å². The van der Waals surface area contributed by atoms with Gasteiger partial charge in [0.15, 0.2) is 0 Å². The van der Waals surface area contributed by atoms with Gasteiger partial charge in [-0.2, -0.15) is 0 Å². The first kappa shape index (κ1) is 10.7. The van der Waals surface area contributed by atoms with E-state index in [0.29, 0.717) is 5.82 Å². The molecule has 2 nitrogen and oxygen atoms in total. The Balaban J connectivity index is 2.51. The molecule has 0 bridgehead atoms. The maximum absolute atomic E-state index is 5.69. The van der Waals surface area contributed by atoms with Crippen molar-refractivity contribution < 1.29 is 0 Å². The van der Waals surface area contributed by atoms with Crippen molar-refractivity contribution in [2.45, 2.75) is 20.3 Å². The normalized spacial score (nSPS) is 10.4. The van der Waals surface area contributed by atoms with Crippen LogP contribution in [0.5, 0.6) is 0 Å². The summed E-state index contributed by atoms with van der Waals surface area (Å²) in [5.74, 6) is 0.590. The quantitative estimate of drug-likeness (QED) is 0.830. The van der Waals surface area contributed by atoms with Crippen LogP contribution in [0.2, 0.25) is 0 Å². The number of hydrogen-bond acceptors (Lipinski definition) is 2. The first-order chi connectivity index (χ1) is 7.70. The Labute approximate surface area is 96.1 Å². The van der Waals surface area contributed by atoms with Crippen LogP contribution in [0, 0.1) is 6.92 Å². The van der Waals surface area contributed by atoms with Crippen molar-refractivity contribution in [3.63, 3.8) is 0 Å². The standard InChI is InChI=1S/C14H16N2/c1-3-13-12(8-9-14(15)16-13)11-6-4-10(2)5-7-11/h4-9H,3H2,1-2H3,(H2,15,16). The predicted molar refractivity (Wildman–Crippen MR) is 68.2 cm³/mol. The molecule has 0 aliphatic heterocycles. The number of aryl methyl sites for hydroxylation is 2. The molecule has 16 heavy (non-hydrogen) atoms. The minimum absolute atomic E-state index is 0.590. The minimum Gasteiger partial charge on any atom is -0.384 e. The summed E-state index contributed by atoms with van der Waals surface area (Å²) in [6.45, 7) is 4.19. The Morgan fingerprint density at radius 1 is 1.06 bits per heavy atom. The topological polar surface area (TPSA) is 38.9 Å². The minimum atomic E-state index is 0.590. The molecule has 0 spiro atoms. The van der Waals surface area contributed by atoms with E-state index >= 15 is 0 Å². The molecule has 0 aliphatic rings. The van der Waals surface area contributed by atoms with Crippen molar-refractivity contribution in [3.05, 3.63) is 47.7 Å². The maximum atomic E-state index is 5.69. The van der Waals surface area contributed by atoms with Gasteiger partial charge in [-0.25, -0.2) is 4.98 Å². The maximum Gasteiger partial charge on any atom is 0.123 e. The molecule has 0 atom stereocenters. The Hall–Kier alpha value is -1.83. The molecule has 1 heterocycles. The van der Waals surface area contributed by atoms with Gasteiger partial charge in [0.25, 0.3) is 0 Å². The van der Waals surface area contributed by atoms with E-state index < -0.39 is 0 Å². The van der Waals surface area contributed by atoms with E-state index in [1.54, 1.807) is 0 Å². The van der Waals surface area contributed by atoms with E-state index in [1.807, 2.05) is 12.1 Å². The number of hydrogen-bond donors (Lipinski definition) is 1. The molecule has 0 fully saturated rings. The van der Waals surface area contributed by atoms with Crippen molar-refractivity contribution in [2.24, 2.45) is 0 Å². The van der Waals surface area contributed by atoms with Crippen LogP contribution in [0.1, 0.15) is 18.2 Å². The molecule has 2 rings (SSSR count). The van der Waals surface area contributed by atoms with Crippen LogP contribution >= 0.6 is 0 Å². The Kier molecular flexibility index (Phi) is 2.91. The molecule has 82 valence electrons.